The van der Waals surface area contributed by atoms with Gasteiger partial charge < -0.3 is 0 Å². The highest BCUT2D eigenvalue weighted by Gasteiger charge is 2.08. The molecule has 0 aliphatic heterocycles. The van der Waals surface area contributed by atoms with Crippen molar-refractivity contribution in [3.8, 4) is 0 Å². The number of Topliss-reactive ketones (excluding diaryl/α,β-unsaturated/α-hetero) is 1. The maximum atomic E-state index is 11.7. The summed E-state index contributed by atoms with van der Waals surface area (Å²) in [5, 5.41) is 0.746. The molecule has 80 valence electrons. The number of halogens is 1. The van der Waals surface area contributed by atoms with E-state index >= 15 is 0 Å². The molecule has 0 bridgehead atoms. The van der Waals surface area contributed by atoms with Crippen LogP contribution in [0.5, 0.6) is 0 Å². The Morgan fingerprint density at radius 3 is 2.40 bits per heavy atom. The van der Waals surface area contributed by atoms with Crippen LogP contribution in [-0.4, -0.2) is 5.78 Å². The molecule has 0 radical (unpaired) electrons. The molecule has 2 heteroatoms. The fourth-order valence-electron chi connectivity index (χ4n) is 1.48. The van der Waals surface area contributed by atoms with E-state index in [0.29, 0.717) is 6.42 Å². The van der Waals surface area contributed by atoms with Gasteiger partial charge in [0.2, 0.25) is 0 Å². The van der Waals surface area contributed by atoms with Gasteiger partial charge in [0.1, 0.15) is 0 Å². The Bertz CT molecular complexity index is 371. The van der Waals surface area contributed by atoms with Crippen molar-refractivity contribution in [2.24, 2.45) is 0 Å². The fourth-order valence-corrected chi connectivity index (χ4v) is 1.59. The lowest BCUT2D eigenvalue weighted by atomic mass is 10.0. The zero-order valence-electron chi connectivity index (χ0n) is 9.14. The van der Waals surface area contributed by atoms with E-state index in [1.807, 2.05) is 26.0 Å². The second-order valence-corrected chi connectivity index (χ2v) is 4.05. The van der Waals surface area contributed by atoms with Crippen LogP contribution in [0.25, 0.3) is 0 Å². The summed E-state index contributed by atoms with van der Waals surface area (Å²) in [6.07, 6.45) is 3.00. The number of carbonyl (C=O) groups excluding carboxylic acids is 1. The Morgan fingerprint density at radius 2 is 1.93 bits per heavy atom. The first-order valence-corrected chi connectivity index (χ1v) is 5.35. The molecule has 0 fully saturated rings. The van der Waals surface area contributed by atoms with Crippen molar-refractivity contribution < 1.29 is 4.79 Å². The Morgan fingerprint density at radius 1 is 1.40 bits per heavy atom. The molecule has 15 heavy (non-hydrogen) atoms. The topological polar surface area (TPSA) is 17.1 Å². The third kappa shape index (κ3) is 2.93. The zero-order chi connectivity index (χ0) is 11.4. The molecule has 0 amide bonds. The molecule has 1 rings (SSSR count). The van der Waals surface area contributed by atoms with Crippen LogP contribution in [0.15, 0.2) is 24.8 Å². The van der Waals surface area contributed by atoms with Gasteiger partial charge in [-0.15, -0.1) is 6.58 Å². The van der Waals surface area contributed by atoms with Crippen molar-refractivity contribution >= 4 is 17.4 Å². The van der Waals surface area contributed by atoms with Gasteiger partial charge in [-0.2, -0.15) is 0 Å². The van der Waals surface area contributed by atoms with Crippen molar-refractivity contribution in [1.29, 1.82) is 0 Å². The van der Waals surface area contributed by atoms with Gasteiger partial charge in [-0.05, 0) is 43.5 Å². The summed E-state index contributed by atoms with van der Waals surface area (Å²) < 4.78 is 0. The summed E-state index contributed by atoms with van der Waals surface area (Å²) in [4.78, 5) is 11.7. The predicted octanol–water partition coefficient (Wildman–Crippen LogP) is 4.11. The number of aryl methyl sites for hydroxylation is 2. The van der Waals surface area contributed by atoms with Crippen LogP contribution in [-0.2, 0) is 0 Å². The summed E-state index contributed by atoms with van der Waals surface area (Å²) in [5.74, 6) is 0.151. The van der Waals surface area contributed by atoms with Gasteiger partial charge in [-0.1, -0.05) is 17.7 Å². The lowest BCUT2D eigenvalue weighted by Gasteiger charge is -2.06. The average Bonchev–Trinajstić information content (AvgIpc) is 2.21. The van der Waals surface area contributed by atoms with Gasteiger partial charge in [0.15, 0.2) is 5.78 Å². The highest BCUT2D eigenvalue weighted by molar-refractivity contribution is 6.32. The van der Waals surface area contributed by atoms with E-state index in [1.54, 1.807) is 6.08 Å². The van der Waals surface area contributed by atoms with E-state index in [1.165, 1.54) is 0 Å². The van der Waals surface area contributed by atoms with Crippen molar-refractivity contribution in [3.05, 3.63) is 46.5 Å². The summed E-state index contributed by atoms with van der Waals surface area (Å²) in [7, 11) is 0. The molecule has 0 saturated heterocycles. The molecule has 1 aromatic carbocycles. The van der Waals surface area contributed by atoms with Gasteiger partial charge in [0.25, 0.3) is 0 Å². The largest absolute Gasteiger partial charge is 0.294 e. The fraction of sp³-hybridized carbons (Fsp3) is 0.308. The van der Waals surface area contributed by atoms with Crippen molar-refractivity contribution in [2.75, 3.05) is 0 Å². The summed E-state index contributed by atoms with van der Waals surface area (Å²) >= 11 is 6.03. The highest BCUT2D eigenvalue weighted by Crippen LogP contribution is 2.22. The van der Waals surface area contributed by atoms with E-state index in [0.717, 1.165) is 28.1 Å². The molecule has 0 aromatic heterocycles. The lowest BCUT2D eigenvalue weighted by Crippen LogP contribution is -2.00. The third-order valence-electron chi connectivity index (χ3n) is 2.33. The highest BCUT2D eigenvalue weighted by atomic mass is 35.5. The van der Waals surface area contributed by atoms with Crippen molar-refractivity contribution in [1.82, 2.24) is 0 Å². The molecule has 1 aromatic rings. The molecular weight excluding hydrogens is 208 g/mol. The summed E-state index contributed by atoms with van der Waals surface area (Å²) in [5.41, 5.74) is 2.66. The van der Waals surface area contributed by atoms with E-state index in [-0.39, 0.29) is 5.78 Å². The number of allylic oxidation sites excluding steroid dienone is 1. The Labute approximate surface area is 95.8 Å². The minimum Gasteiger partial charge on any atom is -0.294 e. The first-order chi connectivity index (χ1) is 7.06. The molecular formula is C13H15ClO. The average molecular weight is 223 g/mol. The van der Waals surface area contributed by atoms with Gasteiger partial charge >= 0.3 is 0 Å². The first-order valence-electron chi connectivity index (χ1n) is 4.97. The molecule has 1 nitrogen and oxygen atoms in total. The van der Waals surface area contributed by atoms with E-state index in [4.69, 9.17) is 11.6 Å². The van der Waals surface area contributed by atoms with Gasteiger partial charge in [0, 0.05) is 17.0 Å². The Kier molecular flexibility index (Phi) is 4.10. The standard InChI is InChI=1S/C13H15ClO/c1-4-5-6-12(15)11-7-9(2)13(14)10(3)8-11/h4,7-8H,1,5-6H2,2-3H3. The first kappa shape index (κ1) is 12.0. The van der Waals surface area contributed by atoms with Crippen LogP contribution in [0.3, 0.4) is 0 Å². The monoisotopic (exact) mass is 222 g/mol. The second-order valence-electron chi connectivity index (χ2n) is 3.67. The molecule has 0 unspecified atom stereocenters. The third-order valence-corrected chi connectivity index (χ3v) is 2.93. The normalized spacial score (nSPS) is 10.1. The predicted molar refractivity (Wildman–Crippen MR) is 64.7 cm³/mol. The van der Waals surface area contributed by atoms with Crippen LogP contribution in [0.4, 0.5) is 0 Å². The molecule has 0 saturated carbocycles. The molecule has 0 spiro atoms. The van der Waals surface area contributed by atoms with Gasteiger partial charge in [-0.3, -0.25) is 4.79 Å². The minimum absolute atomic E-state index is 0.151. The van der Waals surface area contributed by atoms with Crippen LogP contribution in [0.2, 0.25) is 5.02 Å². The van der Waals surface area contributed by atoms with Gasteiger partial charge in [-0.25, -0.2) is 0 Å². The Hall–Kier alpha value is -1.08. The molecule has 0 aliphatic rings. The maximum absolute atomic E-state index is 11.7. The number of rotatable bonds is 4. The number of hydrogen-bond acceptors (Lipinski definition) is 1. The molecule has 0 atom stereocenters. The second kappa shape index (κ2) is 5.13. The van der Waals surface area contributed by atoms with E-state index < -0.39 is 0 Å². The van der Waals surface area contributed by atoms with Crippen LogP contribution in [0.1, 0.15) is 34.3 Å². The number of ketones is 1. The number of benzene rings is 1. The van der Waals surface area contributed by atoms with Crippen molar-refractivity contribution in [3.63, 3.8) is 0 Å². The molecule has 0 N–H and O–H groups in total. The molecule has 0 aliphatic carbocycles. The molecule has 0 heterocycles. The smallest absolute Gasteiger partial charge is 0.163 e. The lowest BCUT2D eigenvalue weighted by molar-refractivity contribution is 0.0983. The summed E-state index contributed by atoms with van der Waals surface area (Å²) in [6.45, 7) is 7.43. The zero-order valence-corrected chi connectivity index (χ0v) is 9.90. The van der Waals surface area contributed by atoms with Crippen LogP contribution >= 0.6 is 11.6 Å². The van der Waals surface area contributed by atoms with Crippen molar-refractivity contribution in [2.45, 2.75) is 26.7 Å². The number of hydrogen-bond donors (Lipinski definition) is 0. The summed E-state index contributed by atoms with van der Waals surface area (Å²) in [6, 6.07) is 3.70. The van der Waals surface area contributed by atoms with Gasteiger partial charge in [0.05, 0.1) is 0 Å². The van der Waals surface area contributed by atoms with Crippen LogP contribution in [0, 0.1) is 13.8 Å². The number of carbonyl (C=O) groups is 1. The van der Waals surface area contributed by atoms with Crippen LogP contribution < -0.4 is 0 Å². The quantitative estimate of drug-likeness (QED) is 0.554. The van der Waals surface area contributed by atoms with E-state index in [2.05, 4.69) is 6.58 Å². The Balaban J connectivity index is 2.95. The SMILES string of the molecule is C=CCCC(=O)c1cc(C)c(Cl)c(C)c1. The minimum atomic E-state index is 0.151. The van der Waals surface area contributed by atoms with E-state index in [9.17, 15) is 4.79 Å². The maximum Gasteiger partial charge on any atom is 0.163 e.